The molecule has 0 saturated carbocycles. The van der Waals surface area contributed by atoms with Gasteiger partial charge in [0.25, 0.3) is 0 Å². The average molecular weight is 264 g/mol. The van der Waals surface area contributed by atoms with E-state index in [1.165, 1.54) is 0 Å². The number of ether oxygens (including phenoxy) is 1. The van der Waals surface area contributed by atoms with E-state index in [4.69, 9.17) is 0 Å². The number of esters is 1. The van der Waals surface area contributed by atoms with Crippen LogP contribution in [-0.2, 0) is 9.53 Å². The van der Waals surface area contributed by atoms with Crippen LogP contribution in [0.5, 0.6) is 0 Å². The number of alkyl halides is 6. The molecule has 1 aliphatic heterocycles. The summed E-state index contributed by atoms with van der Waals surface area (Å²) in [6, 6.07) is -2.77. The second kappa shape index (κ2) is 3.84. The highest BCUT2D eigenvalue weighted by atomic mass is 19.4. The Hall–Kier alpha value is -1.35. The normalized spacial score (nSPS) is 29.5. The summed E-state index contributed by atoms with van der Waals surface area (Å²) in [5, 5.41) is 4.98. The molecule has 0 spiro atoms. The molecule has 1 rings (SSSR count). The topological polar surface area (TPSA) is 51.0 Å². The molecule has 0 bridgehead atoms. The van der Waals surface area contributed by atoms with E-state index in [1.54, 1.807) is 0 Å². The molecule has 2 atom stereocenters. The van der Waals surface area contributed by atoms with Crippen molar-refractivity contribution in [1.29, 1.82) is 0 Å². The second-order valence-corrected chi connectivity index (χ2v) is 3.31. The number of carbonyl (C=O) groups is 1. The summed E-state index contributed by atoms with van der Waals surface area (Å²) in [5.41, 5.74) is 0. The fourth-order valence-corrected chi connectivity index (χ4v) is 1.17. The minimum Gasteiger partial charge on any atom is -0.465 e. The summed E-state index contributed by atoms with van der Waals surface area (Å²) in [4.78, 5) is 10.8. The SMILES string of the molecule is COC(=O)C1(F)CC(C(F)(F)C(F)(F)F)N=N1. The lowest BCUT2D eigenvalue weighted by Crippen LogP contribution is -2.47. The molecular weight excluding hydrogens is 258 g/mol. The van der Waals surface area contributed by atoms with Gasteiger partial charge in [-0.3, -0.25) is 0 Å². The lowest BCUT2D eigenvalue weighted by atomic mass is 10.0. The van der Waals surface area contributed by atoms with Crippen molar-refractivity contribution in [2.45, 2.75) is 30.4 Å². The van der Waals surface area contributed by atoms with Crippen LogP contribution in [0, 0.1) is 0 Å². The first-order chi connectivity index (χ1) is 7.54. The predicted octanol–water partition coefficient (Wildman–Crippen LogP) is 2.25. The minimum atomic E-state index is -5.89. The van der Waals surface area contributed by atoms with Crippen LogP contribution in [0.4, 0.5) is 26.3 Å². The lowest BCUT2D eigenvalue weighted by Gasteiger charge is -2.23. The van der Waals surface area contributed by atoms with Crippen LogP contribution in [-0.4, -0.2) is 37.0 Å². The van der Waals surface area contributed by atoms with Crippen LogP contribution in [0.1, 0.15) is 6.42 Å². The first-order valence-electron chi connectivity index (χ1n) is 4.18. The molecule has 0 aromatic rings. The molecule has 0 saturated heterocycles. The van der Waals surface area contributed by atoms with Gasteiger partial charge < -0.3 is 4.74 Å². The van der Waals surface area contributed by atoms with Gasteiger partial charge >= 0.3 is 23.9 Å². The van der Waals surface area contributed by atoms with E-state index < -0.39 is 36.3 Å². The van der Waals surface area contributed by atoms with Gasteiger partial charge in [-0.1, -0.05) is 0 Å². The van der Waals surface area contributed by atoms with Crippen molar-refractivity contribution in [3.05, 3.63) is 0 Å². The Morgan fingerprint density at radius 1 is 1.35 bits per heavy atom. The van der Waals surface area contributed by atoms with Crippen molar-refractivity contribution in [3.8, 4) is 0 Å². The first kappa shape index (κ1) is 13.7. The highest BCUT2D eigenvalue weighted by Gasteiger charge is 2.67. The number of carbonyl (C=O) groups excluding carboxylic acids is 1. The van der Waals surface area contributed by atoms with Crippen molar-refractivity contribution < 1.29 is 35.9 Å². The lowest BCUT2D eigenvalue weighted by molar-refractivity contribution is -0.290. The molecule has 0 aromatic carbocycles. The minimum absolute atomic E-state index is 0.744. The fraction of sp³-hybridized carbons (Fsp3) is 0.857. The highest BCUT2D eigenvalue weighted by molar-refractivity contribution is 5.79. The predicted molar refractivity (Wildman–Crippen MR) is 40.1 cm³/mol. The third kappa shape index (κ3) is 2.20. The van der Waals surface area contributed by atoms with Crippen molar-refractivity contribution >= 4 is 5.97 Å². The molecule has 0 aliphatic carbocycles. The van der Waals surface area contributed by atoms with Gasteiger partial charge in [0.1, 0.15) is 6.04 Å². The Balaban J connectivity index is 2.90. The average Bonchev–Trinajstić information content (AvgIpc) is 2.60. The van der Waals surface area contributed by atoms with Crippen molar-refractivity contribution in [1.82, 2.24) is 0 Å². The van der Waals surface area contributed by atoms with Gasteiger partial charge in [-0.25, -0.2) is 9.18 Å². The molecule has 1 aliphatic rings. The maximum atomic E-state index is 13.4. The molecule has 10 heteroatoms. The summed E-state index contributed by atoms with van der Waals surface area (Å²) in [6.45, 7) is 0. The largest absolute Gasteiger partial charge is 0.465 e. The Bertz CT molecular complexity index is 355. The van der Waals surface area contributed by atoms with Gasteiger partial charge in [0.15, 0.2) is 0 Å². The molecule has 17 heavy (non-hydrogen) atoms. The Morgan fingerprint density at radius 2 is 1.88 bits per heavy atom. The molecule has 0 radical (unpaired) electrons. The van der Waals surface area contributed by atoms with Gasteiger partial charge in [0, 0.05) is 6.42 Å². The van der Waals surface area contributed by atoms with Gasteiger partial charge in [-0.2, -0.15) is 27.1 Å². The third-order valence-corrected chi connectivity index (χ3v) is 2.11. The fourth-order valence-electron chi connectivity index (χ4n) is 1.17. The molecule has 4 nitrogen and oxygen atoms in total. The highest BCUT2D eigenvalue weighted by Crippen LogP contribution is 2.45. The molecular formula is C7H6F6N2O2. The smallest absolute Gasteiger partial charge is 0.455 e. The summed E-state index contributed by atoms with van der Waals surface area (Å²) >= 11 is 0. The number of nitrogens with zero attached hydrogens (tertiary/aromatic N) is 2. The van der Waals surface area contributed by atoms with Crippen LogP contribution in [0.25, 0.3) is 0 Å². The van der Waals surface area contributed by atoms with Crippen molar-refractivity contribution in [2.75, 3.05) is 7.11 Å². The zero-order valence-electron chi connectivity index (χ0n) is 8.26. The maximum Gasteiger partial charge on any atom is 0.455 e. The quantitative estimate of drug-likeness (QED) is 0.436. The van der Waals surface area contributed by atoms with Gasteiger partial charge in [0.05, 0.1) is 7.11 Å². The van der Waals surface area contributed by atoms with Gasteiger partial charge in [-0.15, -0.1) is 5.11 Å². The Morgan fingerprint density at radius 3 is 2.29 bits per heavy atom. The van der Waals surface area contributed by atoms with Gasteiger partial charge in [-0.05, 0) is 0 Å². The van der Waals surface area contributed by atoms with Crippen LogP contribution in [0.3, 0.4) is 0 Å². The van der Waals surface area contributed by atoms with E-state index in [0.29, 0.717) is 0 Å². The number of azo groups is 1. The van der Waals surface area contributed by atoms with E-state index in [-0.39, 0.29) is 0 Å². The number of halogens is 6. The second-order valence-electron chi connectivity index (χ2n) is 3.31. The molecule has 0 amide bonds. The van der Waals surface area contributed by atoms with Crippen LogP contribution in [0.15, 0.2) is 10.2 Å². The summed E-state index contributed by atoms with van der Waals surface area (Å²) in [5.74, 6) is -10.2. The van der Waals surface area contributed by atoms with E-state index in [1.807, 2.05) is 0 Å². The number of hydrogen-bond acceptors (Lipinski definition) is 4. The first-order valence-corrected chi connectivity index (χ1v) is 4.18. The molecule has 1 heterocycles. The molecule has 98 valence electrons. The molecule has 2 unspecified atom stereocenters. The summed E-state index contributed by atoms with van der Waals surface area (Å²) in [6.07, 6.45) is -7.40. The number of methoxy groups -OCH3 is 1. The monoisotopic (exact) mass is 264 g/mol. The van der Waals surface area contributed by atoms with Crippen LogP contribution >= 0.6 is 0 Å². The Labute approximate surface area is 90.6 Å². The van der Waals surface area contributed by atoms with Crippen LogP contribution < -0.4 is 0 Å². The molecule has 0 N–H and O–H groups in total. The van der Waals surface area contributed by atoms with Crippen LogP contribution in [0.2, 0.25) is 0 Å². The zero-order chi connectivity index (χ0) is 13.5. The maximum absolute atomic E-state index is 13.4. The Kier molecular flexibility index (Phi) is 3.10. The van der Waals surface area contributed by atoms with E-state index in [0.717, 1.165) is 7.11 Å². The third-order valence-electron chi connectivity index (χ3n) is 2.11. The van der Waals surface area contributed by atoms with Gasteiger partial charge in [0.2, 0.25) is 0 Å². The van der Waals surface area contributed by atoms with E-state index in [2.05, 4.69) is 15.0 Å². The van der Waals surface area contributed by atoms with E-state index >= 15 is 0 Å². The molecule has 0 aromatic heterocycles. The summed E-state index contributed by atoms with van der Waals surface area (Å²) in [7, 11) is 0.744. The number of hydrogen-bond donors (Lipinski definition) is 0. The van der Waals surface area contributed by atoms with Crippen molar-refractivity contribution in [2.24, 2.45) is 10.2 Å². The van der Waals surface area contributed by atoms with Crippen molar-refractivity contribution in [3.63, 3.8) is 0 Å². The molecule has 0 fully saturated rings. The zero-order valence-corrected chi connectivity index (χ0v) is 8.26. The number of rotatable bonds is 2. The van der Waals surface area contributed by atoms with E-state index in [9.17, 15) is 31.1 Å². The summed E-state index contributed by atoms with van der Waals surface area (Å²) < 4.78 is 78.6. The standard InChI is InChI=1S/C7H6F6N2O2/c1-17-4(16)5(8)2-3(14-15-5)6(9,10)7(11,12)13/h3H,2H2,1H3.